The molecule has 0 radical (unpaired) electrons. The third kappa shape index (κ3) is 2.08. The van der Waals surface area contributed by atoms with Gasteiger partial charge in [-0.3, -0.25) is 4.79 Å². The van der Waals surface area contributed by atoms with Gasteiger partial charge in [0.1, 0.15) is 11.0 Å². The van der Waals surface area contributed by atoms with E-state index in [0.29, 0.717) is 17.0 Å². The van der Waals surface area contributed by atoms with Crippen molar-refractivity contribution in [1.29, 1.82) is 0 Å². The molecule has 0 unspecified atom stereocenters. The molecule has 0 atom stereocenters. The first kappa shape index (κ1) is 10.3. The molecule has 1 aromatic heterocycles. The first-order valence-corrected chi connectivity index (χ1v) is 5.41. The second-order valence-corrected chi connectivity index (χ2v) is 3.99. The average molecular weight is 243 g/mol. The van der Waals surface area contributed by atoms with Gasteiger partial charge in [-0.25, -0.2) is 0 Å². The second kappa shape index (κ2) is 4.12. The summed E-state index contributed by atoms with van der Waals surface area (Å²) in [6, 6.07) is 3.51. The van der Waals surface area contributed by atoms with Gasteiger partial charge in [0.2, 0.25) is 0 Å². The number of aliphatic carboxylic acids is 1. The lowest BCUT2D eigenvalue weighted by molar-refractivity contribution is -0.136. The predicted octanol–water partition coefficient (Wildman–Crippen LogP) is 2.36. The van der Waals surface area contributed by atoms with Crippen LogP contribution in [-0.2, 0) is 11.2 Å². The van der Waals surface area contributed by atoms with E-state index in [4.69, 9.17) is 16.7 Å². The molecule has 0 fully saturated rings. The third-order valence-electron chi connectivity index (χ3n) is 2.06. The van der Waals surface area contributed by atoms with Gasteiger partial charge in [-0.2, -0.15) is 8.75 Å². The number of carbonyl (C=O) groups is 1. The zero-order chi connectivity index (χ0) is 10.8. The van der Waals surface area contributed by atoms with Crippen molar-refractivity contribution in [3.8, 4) is 0 Å². The lowest BCUT2D eigenvalue weighted by Gasteiger charge is -2.02. The quantitative estimate of drug-likeness (QED) is 0.898. The Hall–Kier alpha value is -1.20. The van der Waals surface area contributed by atoms with E-state index in [-0.39, 0.29) is 6.42 Å². The lowest BCUT2D eigenvalue weighted by atomic mass is 10.1. The van der Waals surface area contributed by atoms with Crippen LogP contribution in [0.25, 0.3) is 11.0 Å². The zero-order valence-electron chi connectivity index (χ0n) is 7.61. The van der Waals surface area contributed by atoms with Crippen LogP contribution in [0.3, 0.4) is 0 Å². The number of rotatable bonds is 3. The number of halogens is 1. The van der Waals surface area contributed by atoms with E-state index in [2.05, 4.69) is 8.75 Å². The average Bonchev–Trinajstić information content (AvgIpc) is 2.63. The Morgan fingerprint density at radius 2 is 2.27 bits per heavy atom. The molecule has 0 spiro atoms. The smallest absolute Gasteiger partial charge is 0.303 e. The number of carboxylic acids is 1. The number of aromatic nitrogens is 2. The summed E-state index contributed by atoms with van der Waals surface area (Å²) in [4.78, 5) is 10.5. The maximum atomic E-state index is 10.5. The van der Waals surface area contributed by atoms with Crippen molar-refractivity contribution < 1.29 is 9.90 Å². The van der Waals surface area contributed by atoms with E-state index < -0.39 is 5.97 Å². The van der Waals surface area contributed by atoms with Crippen LogP contribution >= 0.6 is 23.3 Å². The van der Waals surface area contributed by atoms with Crippen LogP contribution in [0.5, 0.6) is 0 Å². The summed E-state index contributed by atoms with van der Waals surface area (Å²) in [6.45, 7) is 0. The van der Waals surface area contributed by atoms with E-state index in [1.807, 2.05) is 0 Å². The molecule has 0 saturated carbocycles. The molecule has 6 heteroatoms. The van der Waals surface area contributed by atoms with Crippen molar-refractivity contribution in [2.45, 2.75) is 12.8 Å². The molecule has 0 amide bonds. The van der Waals surface area contributed by atoms with Crippen molar-refractivity contribution in [2.24, 2.45) is 0 Å². The van der Waals surface area contributed by atoms with Gasteiger partial charge in [0.25, 0.3) is 0 Å². The van der Waals surface area contributed by atoms with Crippen molar-refractivity contribution in [2.75, 3.05) is 0 Å². The molecule has 2 rings (SSSR count). The maximum Gasteiger partial charge on any atom is 0.303 e. The minimum absolute atomic E-state index is 0.0519. The number of nitrogens with zero attached hydrogens (tertiary/aromatic N) is 2. The fraction of sp³-hybridized carbons (Fsp3) is 0.222. The Bertz CT molecular complexity index is 512. The summed E-state index contributed by atoms with van der Waals surface area (Å²) in [5, 5.41) is 9.16. The molecule has 0 aliphatic heterocycles. The fourth-order valence-electron chi connectivity index (χ4n) is 1.35. The molecule has 0 saturated heterocycles. The summed E-state index contributed by atoms with van der Waals surface area (Å²) in [5.41, 5.74) is 2.25. The molecule has 0 aliphatic carbocycles. The van der Waals surface area contributed by atoms with E-state index in [1.165, 1.54) is 0 Å². The van der Waals surface area contributed by atoms with Gasteiger partial charge in [-0.15, -0.1) is 0 Å². The van der Waals surface area contributed by atoms with Gasteiger partial charge in [-0.1, -0.05) is 11.6 Å². The summed E-state index contributed by atoms with van der Waals surface area (Å²) >= 11 is 7.09. The first-order valence-electron chi connectivity index (χ1n) is 4.30. The molecule has 2 aromatic rings. The number of benzene rings is 1. The topological polar surface area (TPSA) is 63.1 Å². The standard InChI is InChI=1S/C9H7ClN2O2S/c10-6-2-3-7-9(12-15-11-7)5(6)1-4-8(13)14/h2-3H,1,4H2,(H,13,14). The predicted molar refractivity (Wildman–Crippen MR) is 58.4 cm³/mol. The Labute approximate surface area is 94.8 Å². The van der Waals surface area contributed by atoms with Crippen LogP contribution in [0.4, 0.5) is 0 Å². The Kier molecular flexibility index (Phi) is 2.83. The van der Waals surface area contributed by atoms with Gasteiger partial charge in [-0.05, 0) is 18.6 Å². The third-order valence-corrected chi connectivity index (χ3v) is 2.96. The van der Waals surface area contributed by atoms with Crippen molar-refractivity contribution in [3.63, 3.8) is 0 Å². The summed E-state index contributed by atoms with van der Waals surface area (Å²) in [5.74, 6) is -0.841. The van der Waals surface area contributed by atoms with E-state index in [0.717, 1.165) is 22.8 Å². The highest BCUT2D eigenvalue weighted by molar-refractivity contribution is 7.00. The number of hydrogen-bond acceptors (Lipinski definition) is 4. The molecule has 1 aromatic carbocycles. The van der Waals surface area contributed by atoms with Crippen LogP contribution in [-0.4, -0.2) is 19.8 Å². The number of fused-ring (bicyclic) bond motifs is 1. The molecule has 15 heavy (non-hydrogen) atoms. The van der Waals surface area contributed by atoms with Gasteiger partial charge in [0.15, 0.2) is 0 Å². The first-order chi connectivity index (χ1) is 7.18. The highest BCUT2D eigenvalue weighted by Crippen LogP contribution is 2.25. The van der Waals surface area contributed by atoms with Gasteiger partial charge in [0, 0.05) is 17.0 Å². The van der Waals surface area contributed by atoms with Crippen molar-refractivity contribution in [1.82, 2.24) is 8.75 Å². The summed E-state index contributed by atoms with van der Waals surface area (Å²) in [6.07, 6.45) is 0.438. The van der Waals surface area contributed by atoms with Crippen LogP contribution in [0.1, 0.15) is 12.0 Å². The SMILES string of the molecule is O=C(O)CCc1c(Cl)ccc2nsnc12. The van der Waals surface area contributed by atoms with Crippen LogP contribution in [0.2, 0.25) is 5.02 Å². The minimum Gasteiger partial charge on any atom is -0.481 e. The summed E-state index contributed by atoms with van der Waals surface area (Å²) < 4.78 is 8.18. The number of aryl methyl sites for hydroxylation is 1. The minimum atomic E-state index is -0.841. The number of hydrogen-bond donors (Lipinski definition) is 1. The zero-order valence-corrected chi connectivity index (χ0v) is 9.18. The lowest BCUT2D eigenvalue weighted by Crippen LogP contribution is -1.98. The van der Waals surface area contributed by atoms with Gasteiger partial charge >= 0.3 is 5.97 Å². The summed E-state index contributed by atoms with van der Waals surface area (Å²) in [7, 11) is 0. The van der Waals surface area contributed by atoms with E-state index in [9.17, 15) is 4.79 Å². The van der Waals surface area contributed by atoms with Crippen LogP contribution < -0.4 is 0 Å². The Morgan fingerprint density at radius 1 is 1.47 bits per heavy atom. The van der Waals surface area contributed by atoms with Crippen LogP contribution in [0, 0.1) is 0 Å². The van der Waals surface area contributed by atoms with E-state index >= 15 is 0 Å². The van der Waals surface area contributed by atoms with E-state index in [1.54, 1.807) is 12.1 Å². The fourth-order valence-corrected chi connectivity index (χ4v) is 2.16. The molecule has 78 valence electrons. The highest BCUT2D eigenvalue weighted by Gasteiger charge is 2.10. The normalized spacial score (nSPS) is 10.7. The van der Waals surface area contributed by atoms with Gasteiger partial charge in [0.05, 0.1) is 11.7 Å². The molecule has 0 bridgehead atoms. The largest absolute Gasteiger partial charge is 0.481 e. The van der Waals surface area contributed by atoms with Crippen LogP contribution in [0.15, 0.2) is 12.1 Å². The molecule has 1 heterocycles. The molecular formula is C9H7ClN2O2S. The Balaban J connectivity index is 2.42. The van der Waals surface area contributed by atoms with Crippen molar-refractivity contribution in [3.05, 3.63) is 22.7 Å². The molecule has 1 N–H and O–H groups in total. The molecule has 4 nitrogen and oxygen atoms in total. The second-order valence-electron chi connectivity index (χ2n) is 3.05. The highest BCUT2D eigenvalue weighted by atomic mass is 35.5. The number of carboxylic acid groups (broad SMARTS) is 1. The molecular weight excluding hydrogens is 236 g/mol. The Morgan fingerprint density at radius 3 is 3.00 bits per heavy atom. The van der Waals surface area contributed by atoms with Crippen molar-refractivity contribution >= 4 is 40.3 Å². The monoisotopic (exact) mass is 242 g/mol. The van der Waals surface area contributed by atoms with Gasteiger partial charge < -0.3 is 5.11 Å². The maximum absolute atomic E-state index is 10.5. The molecule has 0 aliphatic rings.